The minimum absolute atomic E-state index is 0.430. The van der Waals surface area contributed by atoms with Crippen LogP contribution in [0.25, 0.3) is 0 Å². The van der Waals surface area contributed by atoms with Gasteiger partial charge in [0.15, 0.2) is 5.96 Å². The second kappa shape index (κ2) is 6.88. The van der Waals surface area contributed by atoms with Crippen LogP contribution in [0.15, 0.2) is 35.3 Å². The largest absolute Gasteiger partial charge is 0.370 e. The van der Waals surface area contributed by atoms with Gasteiger partial charge >= 0.3 is 0 Å². The van der Waals surface area contributed by atoms with Crippen LogP contribution in [0.2, 0.25) is 0 Å². The van der Waals surface area contributed by atoms with E-state index in [-0.39, 0.29) is 0 Å². The van der Waals surface area contributed by atoms with Gasteiger partial charge in [-0.3, -0.25) is 0 Å². The molecule has 0 saturated heterocycles. The number of nitrogens with two attached hydrogens (primary N) is 1. The molecule has 0 saturated carbocycles. The molecule has 0 heterocycles. The quantitative estimate of drug-likeness (QED) is 0.589. The second-order valence-electron chi connectivity index (χ2n) is 3.84. The molecule has 0 aliphatic rings. The normalized spacial score (nSPS) is 11.8. The standard InChI is InChI=1S/C13H21N3/c1-3-12(4-2)16-13(14)15-10-11-8-6-5-7-9-11/h5-9,12H,3-4,10H2,1-2H3,(H3,14,15,16). The predicted octanol–water partition coefficient (Wildman–Crippen LogP) is 2.28. The Hall–Kier alpha value is -1.51. The van der Waals surface area contributed by atoms with E-state index in [0.717, 1.165) is 12.8 Å². The van der Waals surface area contributed by atoms with E-state index in [9.17, 15) is 0 Å². The number of rotatable bonds is 5. The predicted molar refractivity (Wildman–Crippen MR) is 69.3 cm³/mol. The lowest BCUT2D eigenvalue weighted by Crippen LogP contribution is -2.39. The molecule has 0 fully saturated rings. The number of hydrogen-bond donors (Lipinski definition) is 2. The monoisotopic (exact) mass is 219 g/mol. The molecule has 1 aromatic carbocycles. The van der Waals surface area contributed by atoms with Crippen molar-refractivity contribution in [3.8, 4) is 0 Å². The minimum Gasteiger partial charge on any atom is -0.370 e. The average Bonchev–Trinajstić information content (AvgIpc) is 2.34. The lowest BCUT2D eigenvalue weighted by atomic mass is 10.2. The molecule has 16 heavy (non-hydrogen) atoms. The van der Waals surface area contributed by atoms with Crippen LogP contribution < -0.4 is 11.1 Å². The molecule has 3 heteroatoms. The smallest absolute Gasteiger partial charge is 0.189 e. The highest BCUT2D eigenvalue weighted by Gasteiger charge is 2.02. The van der Waals surface area contributed by atoms with Crippen LogP contribution >= 0.6 is 0 Å². The summed E-state index contributed by atoms with van der Waals surface area (Å²) in [6, 6.07) is 10.5. The third-order valence-electron chi connectivity index (χ3n) is 2.61. The molecule has 3 nitrogen and oxygen atoms in total. The van der Waals surface area contributed by atoms with Crippen molar-refractivity contribution in [3.05, 3.63) is 35.9 Å². The van der Waals surface area contributed by atoms with Crippen LogP contribution in [-0.4, -0.2) is 12.0 Å². The lowest BCUT2D eigenvalue weighted by Gasteiger charge is -2.14. The van der Waals surface area contributed by atoms with Crippen LogP contribution in [0.5, 0.6) is 0 Å². The fourth-order valence-corrected chi connectivity index (χ4v) is 1.51. The van der Waals surface area contributed by atoms with Gasteiger partial charge in [0, 0.05) is 6.04 Å². The number of benzene rings is 1. The van der Waals surface area contributed by atoms with Gasteiger partial charge in [0.25, 0.3) is 0 Å². The second-order valence-corrected chi connectivity index (χ2v) is 3.84. The van der Waals surface area contributed by atoms with E-state index in [1.807, 2.05) is 30.3 Å². The molecule has 0 spiro atoms. The highest BCUT2D eigenvalue weighted by atomic mass is 15.1. The number of nitrogens with zero attached hydrogens (tertiary/aromatic N) is 1. The zero-order valence-corrected chi connectivity index (χ0v) is 10.1. The zero-order chi connectivity index (χ0) is 11.8. The van der Waals surface area contributed by atoms with Crippen LogP contribution in [0, 0.1) is 0 Å². The number of hydrogen-bond acceptors (Lipinski definition) is 1. The average molecular weight is 219 g/mol. The van der Waals surface area contributed by atoms with E-state index in [2.05, 4.69) is 24.2 Å². The Bertz CT molecular complexity index is 315. The lowest BCUT2D eigenvalue weighted by molar-refractivity contribution is 0.566. The summed E-state index contributed by atoms with van der Waals surface area (Å²) in [5.41, 5.74) is 6.99. The minimum atomic E-state index is 0.430. The summed E-state index contributed by atoms with van der Waals surface area (Å²) < 4.78 is 0. The van der Waals surface area contributed by atoms with Crippen LogP contribution in [0.4, 0.5) is 0 Å². The zero-order valence-electron chi connectivity index (χ0n) is 10.1. The Balaban J connectivity index is 2.45. The van der Waals surface area contributed by atoms with Crippen molar-refractivity contribution in [3.63, 3.8) is 0 Å². The van der Waals surface area contributed by atoms with Gasteiger partial charge in [-0.2, -0.15) is 0 Å². The highest BCUT2D eigenvalue weighted by Crippen LogP contribution is 2.00. The maximum Gasteiger partial charge on any atom is 0.189 e. The molecule has 0 amide bonds. The molecular formula is C13H21N3. The van der Waals surface area contributed by atoms with E-state index < -0.39 is 0 Å². The Morgan fingerprint density at radius 1 is 1.25 bits per heavy atom. The summed E-state index contributed by atoms with van der Waals surface area (Å²) in [7, 11) is 0. The van der Waals surface area contributed by atoms with Crippen LogP contribution in [0.3, 0.4) is 0 Å². The van der Waals surface area contributed by atoms with Crippen LogP contribution in [-0.2, 0) is 6.54 Å². The molecule has 3 N–H and O–H groups in total. The van der Waals surface area contributed by atoms with Gasteiger partial charge in [0.2, 0.25) is 0 Å². The van der Waals surface area contributed by atoms with Gasteiger partial charge in [0.1, 0.15) is 0 Å². The summed E-state index contributed by atoms with van der Waals surface area (Å²) in [4.78, 5) is 4.31. The summed E-state index contributed by atoms with van der Waals surface area (Å²) in [5.74, 6) is 0.539. The maximum atomic E-state index is 5.81. The first-order chi connectivity index (χ1) is 7.76. The summed E-state index contributed by atoms with van der Waals surface area (Å²) in [6.07, 6.45) is 2.14. The molecule has 0 aliphatic carbocycles. The third kappa shape index (κ3) is 4.34. The van der Waals surface area contributed by atoms with E-state index in [0.29, 0.717) is 18.5 Å². The number of aliphatic imine (C=N–C) groups is 1. The fourth-order valence-electron chi connectivity index (χ4n) is 1.51. The summed E-state index contributed by atoms with van der Waals surface area (Å²) in [5, 5.41) is 3.21. The van der Waals surface area contributed by atoms with Crippen molar-refractivity contribution in [2.24, 2.45) is 10.7 Å². The van der Waals surface area contributed by atoms with Gasteiger partial charge in [-0.1, -0.05) is 44.2 Å². The van der Waals surface area contributed by atoms with Crippen molar-refractivity contribution < 1.29 is 0 Å². The molecule has 0 radical (unpaired) electrons. The highest BCUT2D eigenvalue weighted by molar-refractivity contribution is 5.78. The van der Waals surface area contributed by atoms with Crippen molar-refractivity contribution in [2.45, 2.75) is 39.3 Å². The molecule has 0 atom stereocenters. The Labute approximate surface area is 97.8 Å². The summed E-state index contributed by atoms with van der Waals surface area (Å²) >= 11 is 0. The Kier molecular flexibility index (Phi) is 5.40. The molecule has 88 valence electrons. The number of nitrogens with one attached hydrogen (secondary N) is 1. The van der Waals surface area contributed by atoms with E-state index in [1.54, 1.807) is 0 Å². The number of guanidine groups is 1. The first kappa shape index (κ1) is 12.6. The van der Waals surface area contributed by atoms with Crippen molar-refractivity contribution >= 4 is 5.96 Å². The Morgan fingerprint density at radius 2 is 1.88 bits per heavy atom. The molecule has 0 aromatic heterocycles. The van der Waals surface area contributed by atoms with Gasteiger partial charge in [-0.15, -0.1) is 0 Å². The van der Waals surface area contributed by atoms with Crippen LogP contribution in [0.1, 0.15) is 32.3 Å². The van der Waals surface area contributed by atoms with Gasteiger partial charge < -0.3 is 11.1 Å². The molecule has 0 unspecified atom stereocenters. The molecule has 0 aliphatic heterocycles. The van der Waals surface area contributed by atoms with E-state index in [1.165, 1.54) is 5.56 Å². The van der Waals surface area contributed by atoms with Gasteiger partial charge in [-0.05, 0) is 18.4 Å². The van der Waals surface area contributed by atoms with Crippen molar-refractivity contribution in [1.29, 1.82) is 0 Å². The maximum absolute atomic E-state index is 5.81. The SMILES string of the molecule is CCC(CC)NC(N)=NCc1ccccc1. The third-order valence-corrected chi connectivity index (χ3v) is 2.61. The molecule has 1 rings (SSSR count). The molecule has 1 aromatic rings. The van der Waals surface area contributed by atoms with Gasteiger partial charge in [-0.25, -0.2) is 4.99 Å². The molecular weight excluding hydrogens is 198 g/mol. The van der Waals surface area contributed by atoms with Crippen molar-refractivity contribution in [1.82, 2.24) is 5.32 Å². The first-order valence-corrected chi connectivity index (χ1v) is 5.86. The Morgan fingerprint density at radius 3 is 2.44 bits per heavy atom. The van der Waals surface area contributed by atoms with E-state index >= 15 is 0 Å². The summed E-state index contributed by atoms with van der Waals surface area (Å²) in [6.45, 7) is 4.93. The van der Waals surface area contributed by atoms with E-state index in [4.69, 9.17) is 5.73 Å². The fraction of sp³-hybridized carbons (Fsp3) is 0.462. The molecule has 0 bridgehead atoms. The first-order valence-electron chi connectivity index (χ1n) is 5.86. The van der Waals surface area contributed by atoms with Crippen molar-refractivity contribution in [2.75, 3.05) is 0 Å². The van der Waals surface area contributed by atoms with Gasteiger partial charge in [0.05, 0.1) is 6.54 Å². The topological polar surface area (TPSA) is 50.4 Å².